The van der Waals surface area contributed by atoms with Gasteiger partial charge >= 0.3 is 5.97 Å². The minimum atomic E-state index is -0.833. The molecule has 1 heterocycles. The zero-order valence-electron chi connectivity index (χ0n) is 10.3. The first kappa shape index (κ1) is 13.1. The zero-order chi connectivity index (χ0) is 14.1. The predicted octanol–water partition coefficient (Wildman–Crippen LogP) is 4.24. The molecular weight excluding hydrogens is 294 g/mol. The number of fused-ring (bicyclic) bond motifs is 1. The summed E-state index contributed by atoms with van der Waals surface area (Å²) >= 11 is 7.69. The molecule has 0 atom stereocenters. The van der Waals surface area contributed by atoms with Crippen molar-refractivity contribution < 1.29 is 9.90 Å². The molecule has 0 aliphatic heterocycles. The summed E-state index contributed by atoms with van der Waals surface area (Å²) in [5, 5.41) is 10.3. The van der Waals surface area contributed by atoms with Crippen LogP contribution >= 0.6 is 22.9 Å². The van der Waals surface area contributed by atoms with E-state index in [1.807, 2.05) is 36.4 Å². The van der Waals surface area contributed by atoms with Gasteiger partial charge in [-0.25, -0.2) is 4.98 Å². The Morgan fingerprint density at radius 2 is 2.05 bits per heavy atom. The first-order valence-corrected chi connectivity index (χ1v) is 7.19. The SMILES string of the molecule is O=C(O)Cc1ccc2nc(-c3ccccc3Cl)sc2c1. The standard InChI is InChI=1S/C15H10ClNO2S/c16-11-4-2-1-3-10(11)15-17-12-6-5-9(8-14(18)19)7-13(12)20-15/h1-7H,8H2,(H,18,19). The van der Waals surface area contributed by atoms with Crippen molar-refractivity contribution in [1.82, 2.24) is 4.98 Å². The molecule has 0 fully saturated rings. The van der Waals surface area contributed by atoms with Gasteiger partial charge in [-0.15, -0.1) is 11.3 Å². The number of aromatic nitrogens is 1. The van der Waals surface area contributed by atoms with Crippen molar-refractivity contribution in [2.45, 2.75) is 6.42 Å². The molecule has 0 amide bonds. The van der Waals surface area contributed by atoms with Gasteiger partial charge in [0.15, 0.2) is 0 Å². The molecule has 0 bridgehead atoms. The minimum absolute atomic E-state index is 0.0231. The molecule has 1 aromatic heterocycles. The number of rotatable bonds is 3. The Kier molecular flexibility index (Phi) is 3.42. The van der Waals surface area contributed by atoms with Crippen molar-refractivity contribution in [3.8, 4) is 10.6 Å². The Bertz CT molecular complexity index is 797. The maximum atomic E-state index is 10.7. The Labute approximate surface area is 124 Å². The molecule has 3 rings (SSSR count). The second-order valence-electron chi connectivity index (χ2n) is 4.37. The van der Waals surface area contributed by atoms with Crippen LogP contribution in [0.5, 0.6) is 0 Å². The first-order valence-electron chi connectivity index (χ1n) is 5.99. The number of carbonyl (C=O) groups is 1. The van der Waals surface area contributed by atoms with Crippen LogP contribution in [0.25, 0.3) is 20.8 Å². The third-order valence-corrected chi connectivity index (χ3v) is 4.29. The Morgan fingerprint density at radius 1 is 1.25 bits per heavy atom. The number of hydrogen-bond acceptors (Lipinski definition) is 3. The summed E-state index contributed by atoms with van der Waals surface area (Å²) in [7, 11) is 0. The second kappa shape index (κ2) is 5.23. The van der Waals surface area contributed by atoms with Gasteiger partial charge < -0.3 is 5.11 Å². The Balaban J connectivity index is 2.07. The summed E-state index contributed by atoms with van der Waals surface area (Å²) in [6.07, 6.45) is 0.0231. The molecule has 0 saturated carbocycles. The average Bonchev–Trinajstić information content (AvgIpc) is 2.81. The van der Waals surface area contributed by atoms with E-state index in [0.29, 0.717) is 5.02 Å². The van der Waals surface area contributed by atoms with Crippen LogP contribution in [0.15, 0.2) is 42.5 Å². The number of aliphatic carboxylic acids is 1. The van der Waals surface area contributed by atoms with Crippen LogP contribution in [0.3, 0.4) is 0 Å². The van der Waals surface area contributed by atoms with Crippen molar-refractivity contribution in [2.24, 2.45) is 0 Å². The molecule has 0 aliphatic rings. The lowest BCUT2D eigenvalue weighted by Gasteiger charge is -1.97. The van der Waals surface area contributed by atoms with Crippen molar-refractivity contribution >= 4 is 39.1 Å². The van der Waals surface area contributed by atoms with Crippen LogP contribution in [0.4, 0.5) is 0 Å². The average molecular weight is 304 g/mol. The third-order valence-electron chi connectivity index (χ3n) is 2.91. The number of thiazole rings is 1. The van der Waals surface area contributed by atoms with E-state index in [4.69, 9.17) is 16.7 Å². The van der Waals surface area contributed by atoms with Gasteiger partial charge in [0, 0.05) is 5.56 Å². The summed E-state index contributed by atoms with van der Waals surface area (Å²) in [6.45, 7) is 0. The van der Waals surface area contributed by atoms with E-state index < -0.39 is 5.97 Å². The molecule has 100 valence electrons. The Morgan fingerprint density at radius 3 is 2.80 bits per heavy atom. The highest BCUT2D eigenvalue weighted by Crippen LogP contribution is 2.34. The number of halogens is 1. The van der Waals surface area contributed by atoms with E-state index in [2.05, 4.69) is 4.98 Å². The molecule has 2 aromatic carbocycles. The van der Waals surface area contributed by atoms with Crippen molar-refractivity contribution in [1.29, 1.82) is 0 Å². The number of carboxylic acids is 1. The topological polar surface area (TPSA) is 50.2 Å². The summed E-state index contributed by atoms with van der Waals surface area (Å²) in [5.41, 5.74) is 2.54. The summed E-state index contributed by atoms with van der Waals surface area (Å²) < 4.78 is 0.971. The summed E-state index contributed by atoms with van der Waals surface area (Å²) in [4.78, 5) is 15.3. The van der Waals surface area contributed by atoms with E-state index in [1.54, 1.807) is 6.07 Å². The molecule has 0 unspecified atom stereocenters. The lowest BCUT2D eigenvalue weighted by atomic mass is 10.1. The molecule has 3 nitrogen and oxygen atoms in total. The van der Waals surface area contributed by atoms with Crippen molar-refractivity contribution in [3.63, 3.8) is 0 Å². The summed E-state index contributed by atoms with van der Waals surface area (Å²) in [6, 6.07) is 13.1. The fourth-order valence-electron chi connectivity index (χ4n) is 2.00. The predicted molar refractivity (Wildman–Crippen MR) is 81.4 cm³/mol. The van der Waals surface area contributed by atoms with Crippen LogP contribution in [-0.4, -0.2) is 16.1 Å². The largest absolute Gasteiger partial charge is 0.481 e. The molecular formula is C15H10ClNO2S. The van der Waals surface area contributed by atoms with Gasteiger partial charge in [-0.05, 0) is 23.8 Å². The molecule has 0 radical (unpaired) electrons. The van der Waals surface area contributed by atoms with E-state index in [0.717, 1.165) is 26.4 Å². The number of benzene rings is 2. The highest BCUT2D eigenvalue weighted by atomic mass is 35.5. The first-order chi connectivity index (χ1) is 9.63. The van der Waals surface area contributed by atoms with Crippen LogP contribution in [0, 0.1) is 0 Å². The van der Waals surface area contributed by atoms with Gasteiger partial charge in [0.25, 0.3) is 0 Å². The molecule has 0 spiro atoms. The monoisotopic (exact) mass is 303 g/mol. The quantitative estimate of drug-likeness (QED) is 0.787. The van der Waals surface area contributed by atoms with Crippen LogP contribution < -0.4 is 0 Å². The molecule has 1 N–H and O–H groups in total. The van der Waals surface area contributed by atoms with E-state index >= 15 is 0 Å². The zero-order valence-corrected chi connectivity index (χ0v) is 11.9. The summed E-state index contributed by atoms with van der Waals surface area (Å²) in [5.74, 6) is -0.833. The van der Waals surface area contributed by atoms with E-state index in [1.165, 1.54) is 11.3 Å². The normalized spacial score (nSPS) is 10.8. The highest BCUT2D eigenvalue weighted by molar-refractivity contribution is 7.21. The molecule has 20 heavy (non-hydrogen) atoms. The van der Waals surface area contributed by atoms with E-state index in [-0.39, 0.29) is 6.42 Å². The molecule has 3 aromatic rings. The Hall–Kier alpha value is -1.91. The van der Waals surface area contributed by atoms with Crippen LogP contribution in [0.2, 0.25) is 5.02 Å². The number of hydrogen-bond donors (Lipinski definition) is 1. The van der Waals surface area contributed by atoms with Gasteiger partial charge in [-0.3, -0.25) is 4.79 Å². The maximum Gasteiger partial charge on any atom is 0.307 e. The number of carboxylic acid groups (broad SMARTS) is 1. The third kappa shape index (κ3) is 2.53. The lowest BCUT2D eigenvalue weighted by molar-refractivity contribution is -0.136. The van der Waals surface area contributed by atoms with Crippen molar-refractivity contribution in [2.75, 3.05) is 0 Å². The maximum absolute atomic E-state index is 10.7. The van der Waals surface area contributed by atoms with Gasteiger partial charge in [0.05, 0.1) is 21.7 Å². The van der Waals surface area contributed by atoms with E-state index in [9.17, 15) is 4.79 Å². The van der Waals surface area contributed by atoms with Crippen LogP contribution in [0.1, 0.15) is 5.56 Å². The second-order valence-corrected chi connectivity index (χ2v) is 5.81. The van der Waals surface area contributed by atoms with Crippen LogP contribution in [-0.2, 0) is 11.2 Å². The van der Waals surface area contributed by atoms with Gasteiger partial charge in [0.2, 0.25) is 0 Å². The molecule has 5 heteroatoms. The minimum Gasteiger partial charge on any atom is -0.481 e. The highest BCUT2D eigenvalue weighted by Gasteiger charge is 2.10. The van der Waals surface area contributed by atoms with Crippen molar-refractivity contribution in [3.05, 3.63) is 53.1 Å². The van der Waals surface area contributed by atoms with Gasteiger partial charge in [-0.1, -0.05) is 35.9 Å². The smallest absolute Gasteiger partial charge is 0.307 e. The van der Waals surface area contributed by atoms with Gasteiger partial charge in [-0.2, -0.15) is 0 Å². The van der Waals surface area contributed by atoms with Gasteiger partial charge in [0.1, 0.15) is 5.01 Å². The molecule has 0 saturated heterocycles. The number of nitrogens with zero attached hydrogens (tertiary/aromatic N) is 1. The fourth-order valence-corrected chi connectivity index (χ4v) is 3.35. The molecule has 0 aliphatic carbocycles. The lowest BCUT2D eigenvalue weighted by Crippen LogP contribution is -1.99. The fraction of sp³-hybridized carbons (Fsp3) is 0.0667.